The number of thiophene rings is 1. The topological polar surface area (TPSA) is 67.2 Å². The van der Waals surface area contributed by atoms with E-state index < -0.39 is 5.97 Å². The van der Waals surface area contributed by atoms with E-state index in [1.165, 1.54) is 0 Å². The van der Waals surface area contributed by atoms with Crippen LogP contribution in [0.5, 0.6) is 0 Å². The molecular weight excluding hydrogens is 262 g/mol. The maximum absolute atomic E-state index is 10.6. The van der Waals surface area contributed by atoms with Crippen LogP contribution in [-0.4, -0.2) is 27.4 Å². The van der Waals surface area contributed by atoms with Gasteiger partial charge in [0.1, 0.15) is 0 Å². The number of aryl methyl sites for hydroxylation is 1. The fourth-order valence-corrected chi connectivity index (χ4v) is 2.73. The molecule has 0 unspecified atom stereocenters. The molecule has 6 heteroatoms. The summed E-state index contributed by atoms with van der Waals surface area (Å²) in [6, 6.07) is 3.86. The fraction of sp³-hybridized carbons (Fsp3) is 0.385. The first-order chi connectivity index (χ1) is 9.13. The lowest BCUT2D eigenvalue weighted by molar-refractivity contribution is -0.136. The highest BCUT2D eigenvalue weighted by molar-refractivity contribution is 7.12. The van der Waals surface area contributed by atoms with Crippen molar-refractivity contribution in [2.45, 2.75) is 26.4 Å². The smallest absolute Gasteiger partial charge is 0.308 e. The third-order valence-electron chi connectivity index (χ3n) is 2.62. The summed E-state index contributed by atoms with van der Waals surface area (Å²) in [5, 5.41) is 16.2. The Kier molecular flexibility index (Phi) is 4.70. The van der Waals surface area contributed by atoms with Crippen LogP contribution in [0.3, 0.4) is 0 Å². The molecule has 0 atom stereocenters. The van der Waals surface area contributed by atoms with Crippen LogP contribution in [-0.2, 0) is 24.3 Å². The Labute approximate surface area is 115 Å². The zero-order valence-electron chi connectivity index (χ0n) is 10.8. The van der Waals surface area contributed by atoms with E-state index in [4.69, 9.17) is 5.11 Å². The number of carboxylic acid groups (broad SMARTS) is 1. The van der Waals surface area contributed by atoms with E-state index in [1.54, 1.807) is 11.3 Å². The van der Waals surface area contributed by atoms with Gasteiger partial charge in [-0.3, -0.25) is 9.48 Å². The Balaban J connectivity index is 1.70. The van der Waals surface area contributed by atoms with Crippen LogP contribution >= 0.6 is 11.3 Å². The van der Waals surface area contributed by atoms with Crippen LogP contribution < -0.4 is 5.32 Å². The average molecular weight is 279 g/mol. The third-order valence-corrected chi connectivity index (χ3v) is 3.71. The summed E-state index contributed by atoms with van der Waals surface area (Å²) in [6.07, 6.45) is 3.96. The molecule has 0 spiro atoms. The SMILES string of the molecule is Cc1cnn(CCNCc2ccc(CC(=O)O)s2)c1. The van der Waals surface area contributed by atoms with E-state index in [9.17, 15) is 4.79 Å². The minimum Gasteiger partial charge on any atom is -0.481 e. The van der Waals surface area contributed by atoms with Crippen LogP contribution in [0.2, 0.25) is 0 Å². The molecule has 0 aliphatic rings. The molecule has 0 aromatic carbocycles. The first-order valence-corrected chi connectivity index (χ1v) is 6.94. The highest BCUT2D eigenvalue weighted by Crippen LogP contribution is 2.16. The fourth-order valence-electron chi connectivity index (χ4n) is 1.76. The van der Waals surface area contributed by atoms with Crippen molar-refractivity contribution in [1.29, 1.82) is 0 Å². The predicted molar refractivity (Wildman–Crippen MR) is 74.3 cm³/mol. The number of carboxylic acids is 1. The summed E-state index contributed by atoms with van der Waals surface area (Å²) in [7, 11) is 0. The van der Waals surface area contributed by atoms with E-state index in [0.717, 1.165) is 35.0 Å². The molecule has 2 aromatic rings. The minimum atomic E-state index is -0.782. The second-order valence-electron chi connectivity index (χ2n) is 4.40. The highest BCUT2D eigenvalue weighted by Gasteiger charge is 2.04. The van der Waals surface area contributed by atoms with Gasteiger partial charge in [0.25, 0.3) is 0 Å². The molecule has 5 nitrogen and oxygen atoms in total. The molecule has 19 heavy (non-hydrogen) atoms. The number of carbonyl (C=O) groups is 1. The zero-order chi connectivity index (χ0) is 13.7. The van der Waals surface area contributed by atoms with Crippen LogP contribution in [0.4, 0.5) is 0 Å². The molecule has 0 saturated heterocycles. The Morgan fingerprint density at radius 3 is 2.95 bits per heavy atom. The van der Waals surface area contributed by atoms with Crippen molar-refractivity contribution >= 4 is 17.3 Å². The second-order valence-corrected chi connectivity index (χ2v) is 5.65. The molecule has 0 amide bonds. The van der Waals surface area contributed by atoms with E-state index in [-0.39, 0.29) is 6.42 Å². The number of hydrogen-bond donors (Lipinski definition) is 2. The normalized spacial score (nSPS) is 10.8. The number of nitrogens with zero attached hydrogens (tertiary/aromatic N) is 2. The van der Waals surface area contributed by atoms with Gasteiger partial charge in [0.05, 0.1) is 19.2 Å². The minimum absolute atomic E-state index is 0.108. The number of aliphatic carboxylic acids is 1. The molecule has 0 fully saturated rings. The molecule has 2 rings (SSSR count). The molecule has 102 valence electrons. The van der Waals surface area contributed by atoms with E-state index in [2.05, 4.69) is 10.4 Å². The van der Waals surface area contributed by atoms with Crippen molar-refractivity contribution in [3.05, 3.63) is 39.8 Å². The van der Waals surface area contributed by atoms with Crippen LogP contribution in [0.15, 0.2) is 24.5 Å². The van der Waals surface area contributed by atoms with Gasteiger partial charge in [-0.1, -0.05) is 0 Å². The largest absolute Gasteiger partial charge is 0.481 e. The molecule has 0 saturated carbocycles. The molecule has 2 N–H and O–H groups in total. The van der Waals surface area contributed by atoms with Crippen molar-refractivity contribution in [3.63, 3.8) is 0 Å². The lowest BCUT2D eigenvalue weighted by Gasteiger charge is -2.03. The van der Waals surface area contributed by atoms with Gasteiger partial charge in [-0.15, -0.1) is 11.3 Å². The molecular formula is C13H17N3O2S. The standard InChI is InChI=1S/C13H17N3O2S/c1-10-7-15-16(9-10)5-4-14-8-12-3-2-11(19-12)6-13(17)18/h2-3,7,9,14H,4-6,8H2,1H3,(H,17,18). The molecule has 0 aliphatic heterocycles. The average Bonchev–Trinajstić information content (AvgIpc) is 2.94. The Bertz CT molecular complexity index is 548. The Morgan fingerprint density at radius 1 is 1.47 bits per heavy atom. The molecule has 0 radical (unpaired) electrons. The van der Waals surface area contributed by atoms with Gasteiger partial charge < -0.3 is 10.4 Å². The monoisotopic (exact) mass is 279 g/mol. The van der Waals surface area contributed by atoms with Crippen molar-refractivity contribution < 1.29 is 9.90 Å². The summed E-state index contributed by atoms with van der Waals surface area (Å²) in [6.45, 7) is 4.46. The maximum Gasteiger partial charge on any atom is 0.308 e. The first-order valence-electron chi connectivity index (χ1n) is 6.12. The second kappa shape index (κ2) is 6.49. The van der Waals surface area contributed by atoms with Crippen molar-refractivity contribution in [1.82, 2.24) is 15.1 Å². The van der Waals surface area contributed by atoms with E-state index >= 15 is 0 Å². The summed E-state index contributed by atoms with van der Waals surface area (Å²) in [5.41, 5.74) is 1.16. The van der Waals surface area contributed by atoms with Crippen LogP contribution in [0, 0.1) is 6.92 Å². The van der Waals surface area contributed by atoms with E-state index in [1.807, 2.05) is 36.1 Å². The van der Waals surface area contributed by atoms with Crippen molar-refractivity contribution in [3.8, 4) is 0 Å². The third kappa shape index (κ3) is 4.50. The van der Waals surface area contributed by atoms with Gasteiger partial charge in [-0.25, -0.2) is 0 Å². The van der Waals surface area contributed by atoms with Crippen molar-refractivity contribution in [2.75, 3.05) is 6.54 Å². The van der Waals surface area contributed by atoms with Crippen molar-refractivity contribution in [2.24, 2.45) is 0 Å². The Morgan fingerprint density at radius 2 is 2.26 bits per heavy atom. The first kappa shape index (κ1) is 13.8. The van der Waals surface area contributed by atoms with Gasteiger partial charge in [0.2, 0.25) is 0 Å². The molecule has 2 aromatic heterocycles. The quantitative estimate of drug-likeness (QED) is 0.757. The molecule has 2 heterocycles. The van der Waals surface area contributed by atoms with Gasteiger partial charge in [-0.2, -0.15) is 5.10 Å². The van der Waals surface area contributed by atoms with Gasteiger partial charge in [0.15, 0.2) is 0 Å². The van der Waals surface area contributed by atoms with E-state index in [0.29, 0.717) is 0 Å². The summed E-state index contributed by atoms with van der Waals surface area (Å²) >= 11 is 1.55. The summed E-state index contributed by atoms with van der Waals surface area (Å²) in [4.78, 5) is 12.6. The van der Waals surface area contributed by atoms with Gasteiger partial charge >= 0.3 is 5.97 Å². The molecule has 0 bridgehead atoms. The number of aromatic nitrogens is 2. The lowest BCUT2D eigenvalue weighted by Crippen LogP contribution is -2.19. The lowest BCUT2D eigenvalue weighted by atomic mass is 10.3. The number of hydrogen-bond acceptors (Lipinski definition) is 4. The predicted octanol–water partition coefficient (Wildman–Crippen LogP) is 1.67. The zero-order valence-corrected chi connectivity index (χ0v) is 11.6. The van der Waals surface area contributed by atoms with Crippen LogP contribution in [0.1, 0.15) is 15.3 Å². The van der Waals surface area contributed by atoms with Gasteiger partial charge in [-0.05, 0) is 24.6 Å². The summed E-state index contributed by atoms with van der Waals surface area (Å²) < 4.78 is 1.91. The van der Waals surface area contributed by atoms with Crippen LogP contribution in [0.25, 0.3) is 0 Å². The summed E-state index contributed by atoms with van der Waals surface area (Å²) in [5.74, 6) is -0.782. The number of rotatable bonds is 7. The number of nitrogens with one attached hydrogen (secondary N) is 1. The Hall–Kier alpha value is -1.66. The highest BCUT2D eigenvalue weighted by atomic mass is 32.1. The maximum atomic E-state index is 10.6. The van der Waals surface area contributed by atoms with Gasteiger partial charge in [0, 0.05) is 29.0 Å². The molecule has 0 aliphatic carbocycles.